The second-order valence-corrected chi connectivity index (χ2v) is 8.99. The molecular weight excluding hydrogens is 474 g/mol. The molecule has 0 atom stereocenters. The Morgan fingerprint density at radius 1 is 0.919 bits per heavy atom. The SMILES string of the molecule is O=C1CN(C(=O)c2ccc(NC(=O)c3cc([N+](=O)[O-])ccc3N3CCCCC3)cc2)c2ccccc2N1. The van der Waals surface area contributed by atoms with Crippen LogP contribution in [0.15, 0.2) is 66.7 Å². The first kappa shape index (κ1) is 24.0. The molecule has 2 aliphatic heterocycles. The van der Waals surface area contributed by atoms with Crippen LogP contribution in [-0.4, -0.2) is 42.3 Å². The smallest absolute Gasteiger partial charge is 0.270 e. The molecule has 0 aliphatic carbocycles. The highest BCUT2D eigenvalue weighted by Crippen LogP contribution is 2.31. The van der Waals surface area contributed by atoms with Crippen molar-refractivity contribution in [3.05, 3.63) is 88.0 Å². The molecule has 0 unspecified atom stereocenters. The Bertz CT molecular complexity index is 1380. The van der Waals surface area contributed by atoms with Gasteiger partial charge in [0.05, 0.1) is 27.5 Å². The van der Waals surface area contributed by atoms with E-state index in [0.29, 0.717) is 28.3 Å². The molecule has 188 valence electrons. The fraction of sp³-hybridized carbons (Fsp3) is 0.222. The molecule has 3 aromatic carbocycles. The van der Waals surface area contributed by atoms with Gasteiger partial charge in [0.1, 0.15) is 6.54 Å². The molecule has 0 radical (unpaired) electrons. The van der Waals surface area contributed by atoms with Crippen LogP contribution in [0.1, 0.15) is 40.0 Å². The van der Waals surface area contributed by atoms with Crippen molar-refractivity contribution in [3.8, 4) is 0 Å². The van der Waals surface area contributed by atoms with Gasteiger partial charge in [-0.05, 0) is 61.7 Å². The van der Waals surface area contributed by atoms with Crippen molar-refractivity contribution in [1.82, 2.24) is 0 Å². The van der Waals surface area contributed by atoms with Crippen molar-refractivity contribution in [2.45, 2.75) is 19.3 Å². The maximum atomic E-state index is 13.2. The second-order valence-electron chi connectivity index (χ2n) is 8.99. The number of nitrogens with one attached hydrogen (secondary N) is 2. The van der Waals surface area contributed by atoms with E-state index >= 15 is 0 Å². The van der Waals surface area contributed by atoms with Gasteiger partial charge in [0.15, 0.2) is 0 Å². The lowest BCUT2D eigenvalue weighted by atomic mass is 10.1. The summed E-state index contributed by atoms with van der Waals surface area (Å²) < 4.78 is 0. The third-order valence-corrected chi connectivity index (χ3v) is 6.54. The predicted molar refractivity (Wildman–Crippen MR) is 140 cm³/mol. The van der Waals surface area contributed by atoms with Crippen molar-refractivity contribution in [2.24, 2.45) is 0 Å². The van der Waals surface area contributed by atoms with Gasteiger partial charge in [-0.3, -0.25) is 29.4 Å². The monoisotopic (exact) mass is 499 g/mol. The molecule has 0 spiro atoms. The number of piperidine rings is 1. The lowest BCUT2D eigenvalue weighted by molar-refractivity contribution is -0.384. The minimum Gasteiger partial charge on any atom is -0.371 e. The van der Waals surface area contributed by atoms with Gasteiger partial charge in [-0.2, -0.15) is 0 Å². The first-order valence-corrected chi connectivity index (χ1v) is 12.1. The molecule has 0 bridgehead atoms. The van der Waals surface area contributed by atoms with Gasteiger partial charge in [-0.1, -0.05) is 12.1 Å². The lowest BCUT2D eigenvalue weighted by Crippen LogP contribution is -2.42. The number of hydrogen-bond donors (Lipinski definition) is 2. The van der Waals surface area contributed by atoms with Gasteiger partial charge in [0.25, 0.3) is 17.5 Å². The zero-order valence-corrected chi connectivity index (χ0v) is 20.0. The molecule has 37 heavy (non-hydrogen) atoms. The Balaban J connectivity index is 1.36. The molecule has 5 rings (SSSR count). The quantitative estimate of drug-likeness (QED) is 0.395. The van der Waals surface area contributed by atoms with Crippen molar-refractivity contribution >= 4 is 46.2 Å². The minimum absolute atomic E-state index is 0.0968. The number of non-ortho nitro benzene ring substituents is 1. The Morgan fingerprint density at radius 2 is 1.65 bits per heavy atom. The van der Waals surface area contributed by atoms with Crippen LogP contribution in [0.2, 0.25) is 0 Å². The Morgan fingerprint density at radius 3 is 2.38 bits per heavy atom. The van der Waals surface area contributed by atoms with E-state index in [0.717, 1.165) is 32.4 Å². The van der Waals surface area contributed by atoms with Crippen molar-refractivity contribution in [1.29, 1.82) is 0 Å². The van der Waals surface area contributed by atoms with Gasteiger partial charge < -0.3 is 15.5 Å². The number of anilines is 4. The maximum Gasteiger partial charge on any atom is 0.270 e. The number of nitro groups is 1. The number of amides is 3. The van der Waals surface area contributed by atoms with Crippen LogP contribution in [-0.2, 0) is 4.79 Å². The Kier molecular flexibility index (Phi) is 6.55. The number of hydrogen-bond acceptors (Lipinski definition) is 6. The molecule has 3 amide bonds. The molecule has 3 aromatic rings. The lowest BCUT2D eigenvalue weighted by Gasteiger charge is -2.30. The minimum atomic E-state index is -0.518. The number of carbonyl (C=O) groups excluding carboxylic acids is 3. The summed E-state index contributed by atoms with van der Waals surface area (Å²) in [6.45, 7) is 1.47. The number of nitro benzene ring substituents is 1. The Hall–Kier alpha value is -4.73. The van der Waals surface area contributed by atoms with E-state index in [1.807, 2.05) is 0 Å². The van der Waals surface area contributed by atoms with Gasteiger partial charge in [0.2, 0.25) is 5.91 Å². The summed E-state index contributed by atoms with van der Waals surface area (Å²) in [4.78, 5) is 52.8. The number of fused-ring (bicyclic) bond motifs is 1. The van der Waals surface area contributed by atoms with Gasteiger partial charge in [-0.15, -0.1) is 0 Å². The highest BCUT2D eigenvalue weighted by molar-refractivity contribution is 6.15. The van der Waals surface area contributed by atoms with Crippen molar-refractivity contribution < 1.29 is 19.3 Å². The number of benzene rings is 3. The third-order valence-electron chi connectivity index (χ3n) is 6.54. The topological polar surface area (TPSA) is 125 Å². The fourth-order valence-corrected chi connectivity index (χ4v) is 4.69. The molecule has 1 saturated heterocycles. The molecule has 10 heteroatoms. The molecule has 1 fully saturated rings. The largest absolute Gasteiger partial charge is 0.371 e. The summed E-state index contributed by atoms with van der Waals surface area (Å²) in [6.07, 6.45) is 3.11. The normalized spacial score (nSPS) is 15.0. The van der Waals surface area contributed by atoms with E-state index in [1.54, 1.807) is 54.6 Å². The highest BCUT2D eigenvalue weighted by Gasteiger charge is 2.27. The summed E-state index contributed by atoms with van der Waals surface area (Å²) in [5.41, 5.74) is 2.71. The molecule has 0 saturated carbocycles. The van der Waals surface area contributed by atoms with Crippen molar-refractivity contribution in [2.75, 3.05) is 40.1 Å². The third kappa shape index (κ3) is 4.99. The van der Waals surface area contributed by atoms with Crippen LogP contribution in [0.4, 0.5) is 28.4 Å². The summed E-state index contributed by atoms with van der Waals surface area (Å²) in [5.74, 6) is -1.09. The van der Waals surface area contributed by atoms with Crippen LogP contribution < -0.4 is 20.4 Å². The van der Waals surface area contributed by atoms with Crippen LogP contribution in [0.3, 0.4) is 0 Å². The number of para-hydroxylation sites is 2. The zero-order chi connectivity index (χ0) is 25.9. The molecule has 2 heterocycles. The van der Waals surface area contributed by atoms with E-state index in [1.165, 1.54) is 17.0 Å². The fourth-order valence-electron chi connectivity index (χ4n) is 4.69. The van der Waals surface area contributed by atoms with Crippen LogP contribution in [0.25, 0.3) is 0 Å². The van der Waals surface area contributed by atoms with Crippen LogP contribution in [0, 0.1) is 10.1 Å². The van der Waals surface area contributed by atoms with Gasteiger partial charge >= 0.3 is 0 Å². The summed E-state index contributed by atoms with van der Waals surface area (Å²) in [5, 5.41) is 16.9. The van der Waals surface area contributed by atoms with E-state index in [2.05, 4.69) is 15.5 Å². The van der Waals surface area contributed by atoms with Gasteiger partial charge in [-0.25, -0.2) is 0 Å². The van der Waals surface area contributed by atoms with E-state index in [4.69, 9.17) is 0 Å². The van der Waals surface area contributed by atoms with E-state index in [9.17, 15) is 24.5 Å². The van der Waals surface area contributed by atoms with E-state index < -0.39 is 10.8 Å². The molecular formula is C27H25N5O5. The second kappa shape index (κ2) is 10.1. The average molecular weight is 500 g/mol. The van der Waals surface area contributed by atoms with Gasteiger partial charge in [0, 0.05) is 36.5 Å². The number of nitrogens with zero attached hydrogens (tertiary/aromatic N) is 3. The number of rotatable bonds is 5. The van der Waals surface area contributed by atoms with E-state index in [-0.39, 0.29) is 29.6 Å². The highest BCUT2D eigenvalue weighted by atomic mass is 16.6. The molecule has 0 aromatic heterocycles. The molecule has 10 nitrogen and oxygen atoms in total. The Labute approximate surface area is 213 Å². The van der Waals surface area contributed by atoms with Crippen LogP contribution >= 0.6 is 0 Å². The standard InChI is InChI=1S/C27H25N5O5/c33-25-17-31(24-7-3-2-6-22(24)29-25)27(35)18-8-10-19(11-9-18)28-26(34)21-16-20(32(36)37)12-13-23(21)30-14-4-1-5-15-30/h2-3,6-13,16H,1,4-5,14-15,17H2,(H,28,34)(H,29,33). The maximum absolute atomic E-state index is 13.2. The first-order valence-electron chi connectivity index (χ1n) is 12.1. The van der Waals surface area contributed by atoms with Crippen LogP contribution in [0.5, 0.6) is 0 Å². The summed E-state index contributed by atoms with van der Waals surface area (Å²) in [6, 6.07) is 17.8. The molecule has 2 N–H and O–H groups in total. The zero-order valence-electron chi connectivity index (χ0n) is 20.0. The molecule has 2 aliphatic rings. The summed E-state index contributed by atoms with van der Waals surface area (Å²) >= 11 is 0. The number of carbonyl (C=O) groups is 3. The average Bonchev–Trinajstić information content (AvgIpc) is 2.92. The first-order chi connectivity index (χ1) is 17.9. The van der Waals surface area contributed by atoms with Crippen molar-refractivity contribution in [3.63, 3.8) is 0 Å². The predicted octanol–water partition coefficient (Wildman–Crippen LogP) is 4.44. The summed E-state index contributed by atoms with van der Waals surface area (Å²) in [7, 11) is 0.